The zero-order valence-corrected chi connectivity index (χ0v) is 58.7. The van der Waals surface area contributed by atoms with Crippen molar-refractivity contribution in [1.29, 1.82) is 0 Å². The lowest BCUT2D eigenvalue weighted by molar-refractivity contribution is 0.0604. The molecule has 0 spiro atoms. The third kappa shape index (κ3) is 13.5. The van der Waals surface area contributed by atoms with Crippen molar-refractivity contribution in [3.63, 3.8) is 0 Å². The van der Waals surface area contributed by atoms with Gasteiger partial charge in [-0.25, -0.2) is 29.5 Å². The maximum absolute atomic E-state index is 14.4. The molecule has 0 saturated heterocycles. The number of carbonyl (C=O) groups excluding carboxylic acids is 4. The topological polar surface area (TPSA) is 280 Å². The number of imidazole rings is 2. The molecule has 0 saturated carbocycles. The van der Waals surface area contributed by atoms with Crippen molar-refractivity contribution in [2.75, 3.05) is 0 Å². The van der Waals surface area contributed by atoms with E-state index in [0.717, 1.165) is 64.1 Å². The van der Waals surface area contributed by atoms with E-state index in [2.05, 4.69) is 72.6 Å². The number of hydrogen-bond donors (Lipinski definition) is 4. The quantitative estimate of drug-likeness (QED) is 0.0701. The smallest absolute Gasteiger partial charge is 0.333 e. The molecule has 2 aliphatic rings. The van der Waals surface area contributed by atoms with Gasteiger partial charge in [-0.15, -0.1) is 0 Å². The first-order valence-corrected chi connectivity index (χ1v) is 34.2. The maximum Gasteiger partial charge on any atom is 0.333 e. The van der Waals surface area contributed by atoms with E-state index in [0.29, 0.717) is 58.6 Å². The number of aliphatic hydroxyl groups is 2. The molecule has 2 aliphatic heterocycles. The van der Waals surface area contributed by atoms with Gasteiger partial charge in [0.2, 0.25) is 0 Å². The molecule has 8 heterocycles. The molecule has 6 aromatic carbocycles. The number of halogens is 2. The summed E-state index contributed by atoms with van der Waals surface area (Å²) in [6.07, 6.45) is 8.82. The SMILES string of the molecule is Cc1cc(C(=O)N2Cc3c(C(=O)NCc4ccccc4-c4ncccn4)n(-c4ccc5c(cnn5C[C@@H](C)O)c4)c(=O)n3C[C@@H]2C)ccc1Br.Cc1cc(C(=O)N2Cc3c(C(=O)NCc4ccccc4-c4ncccn4)n(-c4ccc5c(cnn5C[C@@H](C)O)c4)c(=O)n3C[C@H]2C)ccc1Br. The minimum Gasteiger partial charge on any atom is -0.391 e. The van der Waals surface area contributed by atoms with E-state index in [9.17, 15) is 39.0 Å². The summed E-state index contributed by atoms with van der Waals surface area (Å²) in [6.45, 7) is 12.5. The summed E-state index contributed by atoms with van der Waals surface area (Å²) in [5.74, 6) is -0.237. The molecule has 508 valence electrons. The average molecular weight is 1470 g/mol. The zero-order valence-electron chi connectivity index (χ0n) is 55.5. The molecule has 0 bridgehead atoms. The molecular formula is C74H70Br2N16O8. The Hall–Kier alpha value is -10.8. The third-order valence-electron chi connectivity index (χ3n) is 18.0. The number of fused-ring (bicyclic) bond motifs is 4. The minimum atomic E-state index is -0.596. The number of rotatable bonds is 16. The van der Waals surface area contributed by atoms with E-state index in [1.165, 1.54) is 9.13 Å². The molecule has 26 heteroatoms. The minimum absolute atomic E-state index is 0.0586. The molecule has 4 N–H and O–H groups in total. The van der Waals surface area contributed by atoms with Crippen LogP contribution in [0.3, 0.4) is 0 Å². The summed E-state index contributed by atoms with van der Waals surface area (Å²) < 4.78 is 11.3. The van der Waals surface area contributed by atoms with E-state index in [1.54, 1.807) is 116 Å². The molecule has 4 amide bonds. The zero-order chi connectivity index (χ0) is 70.2. The standard InChI is InChI=1S/2C37H35BrN8O4/c2*1-22-15-25(9-11-30(22)38)36(49)43-21-32-33(35(48)41-17-26-7-4-5-8-29(26)34-39-13-6-14-40-34)46(37(50)44(32)19-23(43)2)28-10-12-31-27(16-28)18-42-45(31)20-24(3)47/h2*4-16,18,23-24,47H,17,19-21H2,1-3H3,(H,41,48)/t23-,24+;23-,24-/m01/s1. The van der Waals surface area contributed by atoms with Crippen LogP contribution in [-0.2, 0) is 52.4 Å². The fourth-order valence-electron chi connectivity index (χ4n) is 13.0. The highest BCUT2D eigenvalue weighted by atomic mass is 79.9. The summed E-state index contributed by atoms with van der Waals surface area (Å²) in [7, 11) is 0. The number of aromatic nitrogens is 12. The summed E-state index contributed by atoms with van der Waals surface area (Å²) in [5.41, 5.74) is 9.03. The number of benzene rings is 6. The average Bonchev–Trinajstić information content (AvgIpc) is 1.59. The molecule has 24 nitrogen and oxygen atoms in total. The molecule has 4 atom stereocenters. The van der Waals surface area contributed by atoms with Gasteiger partial charge in [0.15, 0.2) is 11.6 Å². The predicted molar refractivity (Wildman–Crippen MR) is 384 cm³/mol. The third-order valence-corrected chi connectivity index (χ3v) is 19.8. The van der Waals surface area contributed by atoms with Gasteiger partial charge in [0.1, 0.15) is 11.4 Å². The Balaban J connectivity index is 0.000000179. The van der Waals surface area contributed by atoms with Crippen molar-refractivity contribution in [3.05, 3.63) is 257 Å². The molecule has 0 fully saturated rings. The molecule has 100 heavy (non-hydrogen) atoms. The first-order valence-electron chi connectivity index (χ1n) is 32.6. The Morgan fingerprint density at radius 3 is 1.30 bits per heavy atom. The Morgan fingerprint density at radius 1 is 0.530 bits per heavy atom. The van der Waals surface area contributed by atoms with Crippen LogP contribution in [0, 0.1) is 13.8 Å². The maximum atomic E-state index is 14.4. The van der Waals surface area contributed by atoms with Crippen LogP contribution in [0.1, 0.15) is 103 Å². The van der Waals surface area contributed by atoms with E-state index >= 15 is 0 Å². The lowest BCUT2D eigenvalue weighted by Crippen LogP contribution is -2.47. The van der Waals surface area contributed by atoms with Crippen LogP contribution >= 0.6 is 31.9 Å². The van der Waals surface area contributed by atoms with Gasteiger partial charge in [0, 0.05) is 105 Å². The first-order chi connectivity index (χ1) is 48.2. The number of amides is 4. The van der Waals surface area contributed by atoms with Crippen molar-refractivity contribution >= 4 is 77.3 Å². The fraction of sp³-hybridized carbons (Fsp3) is 0.243. The Bertz CT molecular complexity index is 4940. The molecule has 12 aromatic rings. The Morgan fingerprint density at radius 2 is 0.920 bits per heavy atom. The second kappa shape index (κ2) is 28.6. The van der Waals surface area contributed by atoms with Crippen LogP contribution in [0.5, 0.6) is 0 Å². The number of carbonyl (C=O) groups is 4. The van der Waals surface area contributed by atoms with Gasteiger partial charge in [-0.2, -0.15) is 10.2 Å². The second-order valence-electron chi connectivity index (χ2n) is 25.2. The van der Waals surface area contributed by atoms with Crippen LogP contribution in [0.15, 0.2) is 189 Å². The second-order valence-corrected chi connectivity index (χ2v) is 26.9. The van der Waals surface area contributed by atoms with Gasteiger partial charge in [0.25, 0.3) is 23.6 Å². The molecule has 0 aliphatic carbocycles. The number of nitrogens with zero attached hydrogens (tertiary/aromatic N) is 14. The monoisotopic (exact) mass is 1470 g/mol. The van der Waals surface area contributed by atoms with Gasteiger partial charge in [-0.3, -0.25) is 46.8 Å². The molecular weight excluding hydrogens is 1400 g/mol. The highest BCUT2D eigenvalue weighted by molar-refractivity contribution is 9.10. The van der Waals surface area contributed by atoms with Crippen molar-refractivity contribution in [3.8, 4) is 34.2 Å². The Labute approximate surface area is 590 Å². The van der Waals surface area contributed by atoms with Crippen LogP contribution in [0.25, 0.3) is 56.0 Å². The normalized spacial score (nSPS) is 14.8. The first kappa shape index (κ1) is 67.8. The van der Waals surface area contributed by atoms with Crippen molar-refractivity contribution in [2.45, 2.75) is 118 Å². The number of nitrogens with one attached hydrogen (secondary N) is 2. The predicted octanol–water partition coefficient (Wildman–Crippen LogP) is 9.74. The van der Waals surface area contributed by atoms with E-state index in [4.69, 9.17) is 0 Å². The molecule has 0 unspecified atom stereocenters. The highest BCUT2D eigenvalue weighted by Gasteiger charge is 2.38. The van der Waals surface area contributed by atoms with E-state index < -0.39 is 24.0 Å². The number of aliphatic hydroxyl groups excluding tert-OH is 2. The van der Waals surface area contributed by atoms with Crippen LogP contribution in [-0.4, -0.2) is 126 Å². The van der Waals surface area contributed by atoms with Gasteiger partial charge in [-0.1, -0.05) is 80.4 Å². The van der Waals surface area contributed by atoms with Gasteiger partial charge >= 0.3 is 11.4 Å². The highest BCUT2D eigenvalue weighted by Crippen LogP contribution is 2.31. The van der Waals surface area contributed by atoms with Gasteiger partial charge < -0.3 is 30.6 Å². The lowest BCUT2D eigenvalue weighted by atomic mass is 10.1. The van der Waals surface area contributed by atoms with Crippen LogP contribution < -0.4 is 22.0 Å². The molecule has 0 radical (unpaired) electrons. The van der Waals surface area contributed by atoms with E-state index in [1.807, 2.05) is 125 Å². The van der Waals surface area contributed by atoms with Crippen LogP contribution in [0.4, 0.5) is 0 Å². The van der Waals surface area contributed by atoms with Crippen molar-refractivity contribution in [1.82, 2.24) is 78.2 Å². The van der Waals surface area contributed by atoms with Gasteiger partial charge in [0.05, 0.1) is 84.6 Å². The fourth-order valence-corrected chi connectivity index (χ4v) is 13.5. The van der Waals surface area contributed by atoms with Crippen LogP contribution in [0.2, 0.25) is 0 Å². The largest absolute Gasteiger partial charge is 0.391 e. The summed E-state index contributed by atoms with van der Waals surface area (Å²) in [4.78, 5) is 106. The summed E-state index contributed by atoms with van der Waals surface area (Å²) in [6, 6.07) is 39.7. The van der Waals surface area contributed by atoms with Crippen molar-refractivity contribution < 1.29 is 29.4 Å². The van der Waals surface area contributed by atoms with Crippen molar-refractivity contribution in [2.24, 2.45) is 0 Å². The molecule has 6 aromatic heterocycles. The summed E-state index contributed by atoms with van der Waals surface area (Å²) in [5, 5.41) is 36.3. The summed E-state index contributed by atoms with van der Waals surface area (Å²) >= 11 is 7.02. The van der Waals surface area contributed by atoms with Gasteiger partial charge in [-0.05, 0) is 149 Å². The number of aryl methyl sites for hydroxylation is 2. The Kier molecular flexibility index (Phi) is 19.4. The molecule has 14 rings (SSSR count). The van der Waals surface area contributed by atoms with E-state index in [-0.39, 0.29) is 85.9 Å². The number of hydrogen-bond acceptors (Lipinski definition) is 14. The lowest BCUT2D eigenvalue weighted by Gasteiger charge is -2.34.